The number of hydrogen-bond donors (Lipinski definition) is 1. The zero-order valence-corrected chi connectivity index (χ0v) is 9.91. The molecule has 0 aromatic rings. The summed E-state index contributed by atoms with van der Waals surface area (Å²) in [7, 11) is 0. The summed E-state index contributed by atoms with van der Waals surface area (Å²) >= 11 is 0. The summed E-state index contributed by atoms with van der Waals surface area (Å²) in [5, 5.41) is 9.45. The third-order valence-corrected chi connectivity index (χ3v) is 5.26. The van der Waals surface area contributed by atoms with Gasteiger partial charge in [0.1, 0.15) is 0 Å². The Kier molecular flexibility index (Phi) is 2.35. The van der Waals surface area contributed by atoms with Crippen LogP contribution >= 0.6 is 0 Å². The van der Waals surface area contributed by atoms with Gasteiger partial charge in [0.15, 0.2) is 0 Å². The second-order valence-electron chi connectivity index (χ2n) is 6.81. The number of aliphatic hydroxyl groups is 1. The molecule has 86 valence electrons. The molecule has 4 bridgehead atoms. The van der Waals surface area contributed by atoms with Gasteiger partial charge >= 0.3 is 0 Å². The smallest absolute Gasteiger partial charge is 0.0512 e. The van der Waals surface area contributed by atoms with Crippen LogP contribution in [0.3, 0.4) is 0 Å². The quantitative estimate of drug-likeness (QED) is 0.754. The van der Waals surface area contributed by atoms with Crippen LogP contribution in [0, 0.1) is 23.2 Å². The number of aliphatic hydroxyl groups excluding tert-OH is 1. The molecule has 0 aliphatic heterocycles. The van der Waals surface area contributed by atoms with Crippen molar-refractivity contribution in [3.63, 3.8) is 0 Å². The third kappa shape index (κ3) is 1.84. The Labute approximate surface area is 93.3 Å². The minimum absolute atomic E-state index is 0.0852. The Morgan fingerprint density at radius 1 is 1.07 bits per heavy atom. The van der Waals surface area contributed by atoms with Crippen LogP contribution in [0.15, 0.2) is 0 Å². The van der Waals surface area contributed by atoms with Gasteiger partial charge in [-0.1, -0.05) is 0 Å². The highest BCUT2D eigenvalue weighted by atomic mass is 16.3. The minimum Gasteiger partial charge on any atom is -0.393 e. The zero-order valence-electron chi connectivity index (χ0n) is 9.91. The summed E-state index contributed by atoms with van der Waals surface area (Å²) in [6.07, 6.45) is 11.3. The van der Waals surface area contributed by atoms with Crippen molar-refractivity contribution in [2.45, 2.75) is 64.4 Å². The predicted octanol–water partition coefficient (Wildman–Crippen LogP) is 3.36. The molecule has 4 fully saturated rings. The van der Waals surface area contributed by atoms with Gasteiger partial charge in [0.25, 0.3) is 0 Å². The molecule has 0 amide bonds. The molecule has 0 heterocycles. The third-order valence-electron chi connectivity index (χ3n) is 5.26. The molecule has 0 radical (unpaired) electrons. The molecular formula is C14H24O. The van der Waals surface area contributed by atoms with Gasteiger partial charge in [0.05, 0.1) is 6.10 Å². The van der Waals surface area contributed by atoms with Gasteiger partial charge in [0.2, 0.25) is 0 Å². The topological polar surface area (TPSA) is 20.2 Å². The lowest BCUT2D eigenvalue weighted by Gasteiger charge is -2.57. The van der Waals surface area contributed by atoms with Crippen molar-refractivity contribution in [2.24, 2.45) is 23.2 Å². The average molecular weight is 208 g/mol. The van der Waals surface area contributed by atoms with Gasteiger partial charge in [-0.3, -0.25) is 0 Å². The molecule has 0 saturated heterocycles. The first-order chi connectivity index (χ1) is 7.15. The highest BCUT2D eigenvalue weighted by molar-refractivity contribution is 5.01. The first kappa shape index (κ1) is 10.1. The molecule has 0 unspecified atom stereocenters. The second kappa shape index (κ2) is 3.48. The summed E-state index contributed by atoms with van der Waals surface area (Å²) < 4.78 is 0. The van der Waals surface area contributed by atoms with Crippen LogP contribution in [0.4, 0.5) is 0 Å². The van der Waals surface area contributed by atoms with Crippen LogP contribution in [0.2, 0.25) is 0 Å². The van der Waals surface area contributed by atoms with Crippen molar-refractivity contribution in [1.29, 1.82) is 0 Å². The maximum Gasteiger partial charge on any atom is 0.0512 e. The Morgan fingerprint density at radius 2 is 1.53 bits per heavy atom. The van der Waals surface area contributed by atoms with Gasteiger partial charge in [-0.25, -0.2) is 0 Å². The van der Waals surface area contributed by atoms with E-state index in [4.69, 9.17) is 0 Å². The molecular weight excluding hydrogens is 184 g/mol. The lowest BCUT2D eigenvalue weighted by atomic mass is 9.48. The largest absolute Gasteiger partial charge is 0.393 e. The summed E-state index contributed by atoms with van der Waals surface area (Å²) in [5.74, 6) is 3.18. The average Bonchev–Trinajstić information content (AvgIpc) is 2.12. The first-order valence-electron chi connectivity index (χ1n) is 6.83. The monoisotopic (exact) mass is 208 g/mol. The van der Waals surface area contributed by atoms with E-state index in [1.165, 1.54) is 44.9 Å². The number of rotatable bonds is 3. The van der Waals surface area contributed by atoms with Crippen LogP contribution in [0.25, 0.3) is 0 Å². The molecule has 1 heteroatoms. The molecule has 4 aliphatic carbocycles. The molecule has 1 N–H and O–H groups in total. The molecule has 0 spiro atoms. The summed E-state index contributed by atoms with van der Waals surface area (Å²) in [5.41, 5.74) is 0.672. The summed E-state index contributed by atoms with van der Waals surface area (Å²) in [6, 6.07) is 0. The lowest BCUT2D eigenvalue weighted by molar-refractivity contribution is -0.0622. The molecule has 4 rings (SSSR count). The Balaban J connectivity index is 1.70. The van der Waals surface area contributed by atoms with Crippen LogP contribution in [0.5, 0.6) is 0 Å². The van der Waals surface area contributed by atoms with Crippen molar-refractivity contribution in [3.05, 3.63) is 0 Å². The number of hydrogen-bond acceptors (Lipinski definition) is 1. The van der Waals surface area contributed by atoms with E-state index in [0.717, 1.165) is 24.2 Å². The van der Waals surface area contributed by atoms with Gasteiger partial charge in [-0.05, 0) is 81.5 Å². The van der Waals surface area contributed by atoms with Crippen LogP contribution in [-0.2, 0) is 0 Å². The van der Waals surface area contributed by atoms with Crippen LogP contribution < -0.4 is 0 Å². The maximum atomic E-state index is 9.45. The van der Waals surface area contributed by atoms with Gasteiger partial charge < -0.3 is 5.11 Å². The standard InChI is InChI=1S/C14H24O/c1-10(15)2-3-14-7-11-4-12(8-14)6-13(5-11)9-14/h10-13,15H,2-9H2,1H3/t10-,11?,12?,13?,14?/m0/s1. The molecule has 0 aromatic carbocycles. The fourth-order valence-corrected chi connectivity index (χ4v) is 5.11. The fraction of sp³-hybridized carbons (Fsp3) is 1.00. The van der Waals surface area contributed by atoms with Gasteiger partial charge in [-0.2, -0.15) is 0 Å². The van der Waals surface area contributed by atoms with Gasteiger partial charge in [0, 0.05) is 0 Å². The molecule has 15 heavy (non-hydrogen) atoms. The SMILES string of the molecule is C[C@H](O)CCC12CC3CC(CC(C3)C1)C2. The highest BCUT2D eigenvalue weighted by Crippen LogP contribution is 2.61. The lowest BCUT2D eigenvalue weighted by Crippen LogP contribution is -2.46. The summed E-state index contributed by atoms with van der Waals surface area (Å²) in [6.45, 7) is 1.94. The van der Waals surface area contributed by atoms with E-state index >= 15 is 0 Å². The first-order valence-corrected chi connectivity index (χ1v) is 6.83. The highest BCUT2D eigenvalue weighted by Gasteiger charge is 2.50. The van der Waals surface area contributed by atoms with E-state index in [1.807, 2.05) is 6.92 Å². The van der Waals surface area contributed by atoms with Crippen molar-refractivity contribution in [2.75, 3.05) is 0 Å². The normalized spacial score (nSPS) is 49.6. The zero-order chi connectivity index (χ0) is 10.5. The Bertz CT molecular complexity index is 208. The van der Waals surface area contributed by atoms with Crippen molar-refractivity contribution in [1.82, 2.24) is 0 Å². The van der Waals surface area contributed by atoms with E-state index in [2.05, 4.69) is 0 Å². The molecule has 4 aliphatic rings. The molecule has 1 atom stereocenters. The van der Waals surface area contributed by atoms with Crippen molar-refractivity contribution < 1.29 is 5.11 Å². The van der Waals surface area contributed by atoms with E-state index < -0.39 is 0 Å². The Morgan fingerprint density at radius 3 is 1.93 bits per heavy atom. The molecule has 0 aromatic heterocycles. The fourth-order valence-electron chi connectivity index (χ4n) is 5.11. The van der Waals surface area contributed by atoms with Crippen LogP contribution in [-0.4, -0.2) is 11.2 Å². The van der Waals surface area contributed by atoms with E-state index in [1.54, 1.807) is 0 Å². The maximum absolute atomic E-state index is 9.45. The second-order valence-corrected chi connectivity index (χ2v) is 6.81. The molecule has 4 saturated carbocycles. The predicted molar refractivity (Wildman–Crippen MR) is 61.5 cm³/mol. The van der Waals surface area contributed by atoms with E-state index in [0.29, 0.717) is 5.41 Å². The summed E-state index contributed by atoms with van der Waals surface area (Å²) in [4.78, 5) is 0. The van der Waals surface area contributed by atoms with Crippen LogP contribution in [0.1, 0.15) is 58.3 Å². The van der Waals surface area contributed by atoms with Crippen molar-refractivity contribution >= 4 is 0 Å². The van der Waals surface area contributed by atoms with E-state index in [9.17, 15) is 5.11 Å². The Hall–Kier alpha value is -0.0400. The minimum atomic E-state index is -0.0852. The van der Waals surface area contributed by atoms with Gasteiger partial charge in [-0.15, -0.1) is 0 Å². The molecule has 1 nitrogen and oxygen atoms in total. The van der Waals surface area contributed by atoms with Crippen molar-refractivity contribution in [3.8, 4) is 0 Å². The van der Waals surface area contributed by atoms with E-state index in [-0.39, 0.29) is 6.10 Å².